The number of benzene rings is 2. The van der Waals surface area contributed by atoms with E-state index < -0.39 is 0 Å². The lowest BCUT2D eigenvalue weighted by molar-refractivity contribution is 0.102. The Bertz CT molecular complexity index is 739. The number of hydrogen-bond acceptors (Lipinski definition) is 3. The Labute approximate surface area is 117 Å². The number of H-pyrrole nitrogens is 1. The molecule has 3 rings (SSSR count). The predicted octanol–water partition coefficient (Wildman–Crippen LogP) is 2.97. The maximum absolute atomic E-state index is 12.0. The van der Waals surface area contributed by atoms with Gasteiger partial charge < -0.3 is 5.32 Å². The highest BCUT2D eigenvalue weighted by Crippen LogP contribution is 2.30. The van der Waals surface area contributed by atoms with Crippen molar-refractivity contribution in [2.24, 2.45) is 0 Å². The molecule has 0 saturated carbocycles. The summed E-state index contributed by atoms with van der Waals surface area (Å²) in [5, 5.41) is 14.6. The normalized spacial score (nSPS) is 10.6. The Morgan fingerprint density at radius 3 is 2.68 bits per heavy atom. The van der Waals surface area contributed by atoms with Crippen LogP contribution in [0, 0.1) is 0 Å². The first kappa shape index (κ1) is 11.9. The molecule has 0 aliphatic rings. The van der Waals surface area contributed by atoms with E-state index in [9.17, 15) is 4.79 Å². The summed E-state index contributed by atoms with van der Waals surface area (Å²) >= 11 is 3.50. The zero-order valence-electron chi connectivity index (χ0n) is 9.72. The highest BCUT2D eigenvalue weighted by molar-refractivity contribution is 9.10. The van der Waals surface area contributed by atoms with Crippen LogP contribution in [-0.2, 0) is 0 Å². The third-order valence-electron chi connectivity index (χ3n) is 2.77. The average Bonchev–Trinajstić information content (AvgIpc) is 2.96. The number of aromatic amines is 1. The van der Waals surface area contributed by atoms with Crippen LogP contribution in [0.15, 0.2) is 47.1 Å². The number of carbonyl (C=O) groups is 1. The minimum atomic E-state index is -0.291. The highest BCUT2D eigenvalue weighted by Gasteiger charge is 2.11. The van der Waals surface area contributed by atoms with Crippen molar-refractivity contribution in [2.75, 3.05) is 5.32 Å². The minimum Gasteiger partial charge on any atom is -0.320 e. The molecule has 0 fully saturated rings. The summed E-state index contributed by atoms with van der Waals surface area (Å²) in [5.74, 6) is -0.291. The number of amides is 1. The molecule has 6 heteroatoms. The molecule has 0 aliphatic heterocycles. The van der Waals surface area contributed by atoms with Crippen LogP contribution in [0.1, 0.15) is 10.5 Å². The molecule has 1 aromatic heterocycles. The Balaban J connectivity index is 2.02. The van der Waals surface area contributed by atoms with E-state index in [0.717, 1.165) is 20.9 Å². The second kappa shape index (κ2) is 4.81. The van der Waals surface area contributed by atoms with Gasteiger partial charge in [-0.25, -0.2) is 0 Å². The second-order valence-electron chi connectivity index (χ2n) is 3.95. The molecule has 2 aromatic carbocycles. The summed E-state index contributed by atoms with van der Waals surface area (Å²) < 4.78 is 0.988. The number of carbonyl (C=O) groups excluding carboxylic acids is 1. The number of fused-ring (bicyclic) bond motifs is 1. The van der Waals surface area contributed by atoms with Crippen molar-refractivity contribution in [1.82, 2.24) is 15.4 Å². The van der Waals surface area contributed by atoms with Crippen molar-refractivity contribution in [3.63, 3.8) is 0 Å². The number of anilines is 1. The van der Waals surface area contributed by atoms with E-state index in [1.807, 2.05) is 36.4 Å². The van der Waals surface area contributed by atoms with Gasteiger partial charge in [-0.05, 0) is 17.5 Å². The van der Waals surface area contributed by atoms with Crippen molar-refractivity contribution in [1.29, 1.82) is 0 Å². The molecule has 0 saturated heterocycles. The van der Waals surface area contributed by atoms with E-state index in [1.54, 1.807) is 0 Å². The summed E-state index contributed by atoms with van der Waals surface area (Å²) in [6.45, 7) is 0. The Morgan fingerprint density at radius 1 is 1.16 bits per heavy atom. The van der Waals surface area contributed by atoms with Crippen LogP contribution in [0.25, 0.3) is 10.8 Å². The van der Waals surface area contributed by atoms with Gasteiger partial charge in [0.05, 0.1) is 6.20 Å². The Kier molecular flexibility index (Phi) is 3.00. The molecule has 19 heavy (non-hydrogen) atoms. The quantitative estimate of drug-likeness (QED) is 0.763. The van der Waals surface area contributed by atoms with Crippen molar-refractivity contribution in [2.45, 2.75) is 0 Å². The number of nitrogens with zero attached hydrogens (tertiary/aromatic N) is 2. The smallest absolute Gasteiger partial charge is 0.277 e. The van der Waals surface area contributed by atoms with Crippen LogP contribution in [0.2, 0.25) is 0 Å². The zero-order chi connectivity index (χ0) is 13.2. The second-order valence-corrected chi connectivity index (χ2v) is 4.80. The molecule has 2 N–H and O–H groups in total. The molecular formula is C13H9BrN4O. The van der Waals surface area contributed by atoms with Gasteiger partial charge in [-0.2, -0.15) is 15.4 Å². The fraction of sp³-hybridized carbons (Fsp3) is 0. The molecule has 5 nitrogen and oxygen atoms in total. The van der Waals surface area contributed by atoms with E-state index in [2.05, 4.69) is 36.7 Å². The SMILES string of the molecule is O=C(Nc1ccc(Br)c2ccccc12)c1cn[nH]n1. The fourth-order valence-corrected chi connectivity index (χ4v) is 2.35. The molecule has 0 atom stereocenters. The largest absolute Gasteiger partial charge is 0.320 e. The summed E-state index contributed by atoms with van der Waals surface area (Å²) in [6, 6.07) is 11.6. The first-order chi connectivity index (χ1) is 9.25. The van der Waals surface area contributed by atoms with Gasteiger partial charge in [0.1, 0.15) is 0 Å². The molecule has 0 aliphatic carbocycles. The van der Waals surface area contributed by atoms with Crippen molar-refractivity contribution < 1.29 is 4.79 Å². The molecule has 1 amide bonds. The summed E-state index contributed by atoms with van der Waals surface area (Å²) in [6.07, 6.45) is 1.39. The van der Waals surface area contributed by atoms with Gasteiger partial charge in [0.15, 0.2) is 5.69 Å². The van der Waals surface area contributed by atoms with Gasteiger partial charge in [0.2, 0.25) is 0 Å². The molecule has 1 heterocycles. The third kappa shape index (κ3) is 2.22. The molecule has 0 bridgehead atoms. The van der Waals surface area contributed by atoms with Gasteiger partial charge in [-0.3, -0.25) is 4.79 Å². The fourth-order valence-electron chi connectivity index (χ4n) is 1.87. The van der Waals surface area contributed by atoms with Gasteiger partial charge >= 0.3 is 0 Å². The number of rotatable bonds is 2. The molecule has 3 aromatic rings. The standard InChI is InChI=1S/C13H9BrN4O/c14-10-5-6-11(9-4-2-1-3-8(9)10)16-13(19)12-7-15-18-17-12/h1-7H,(H,16,19)(H,15,17,18). The van der Waals surface area contributed by atoms with Crippen molar-refractivity contribution in [3.8, 4) is 0 Å². The van der Waals surface area contributed by atoms with Crippen LogP contribution in [0.4, 0.5) is 5.69 Å². The van der Waals surface area contributed by atoms with E-state index in [0.29, 0.717) is 0 Å². The molecule has 0 unspecified atom stereocenters. The van der Waals surface area contributed by atoms with Crippen LogP contribution >= 0.6 is 15.9 Å². The number of nitrogens with one attached hydrogen (secondary N) is 2. The lowest BCUT2D eigenvalue weighted by Gasteiger charge is -2.08. The van der Waals surface area contributed by atoms with Gasteiger partial charge in [-0.1, -0.05) is 40.2 Å². The van der Waals surface area contributed by atoms with Gasteiger partial charge in [0.25, 0.3) is 5.91 Å². The maximum Gasteiger partial charge on any atom is 0.277 e. The van der Waals surface area contributed by atoms with Crippen LogP contribution in [0.3, 0.4) is 0 Å². The third-order valence-corrected chi connectivity index (χ3v) is 3.46. The first-order valence-electron chi connectivity index (χ1n) is 5.60. The van der Waals surface area contributed by atoms with Crippen LogP contribution < -0.4 is 5.32 Å². The van der Waals surface area contributed by atoms with Crippen LogP contribution in [-0.4, -0.2) is 21.3 Å². The summed E-state index contributed by atoms with van der Waals surface area (Å²) in [7, 11) is 0. The monoisotopic (exact) mass is 316 g/mol. The van der Waals surface area contributed by atoms with Crippen molar-refractivity contribution >= 4 is 38.3 Å². The highest BCUT2D eigenvalue weighted by atomic mass is 79.9. The first-order valence-corrected chi connectivity index (χ1v) is 6.39. The Hall–Kier alpha value is -2.21. The number of halogens is 1. The van der Waals surface area contributed by atoms with E-state index >= 15 is 0 Å². The lowest BCUT2D eigenvalue weighted by Crippen LogP contribution is -2.12. The van der Waals surface area contributed by atoms with Gasteiger partial charge in [0, 0.05) is 15.5 Å². The van der Waals surface area contributed by atoms with E-state index in [1.165, 1.54) is 6.20 Å². The summed E-state index contributed by atoms with van der Waals surface area (Å²) in [5.41, 5.74) is 0.999. The average molecular weight is 317 g/mol. The maximum atomic E-state index is 12.0. The molecule has 94 valence electrons. The molecule has 0 spiro atoms. The van der Waals surface area contributed by atoms with E-state index in [4.69, 9.17) is 0 Å². The minimum absolute atomic E-state index is 0.256. The van der Waals surface area contributed by atoms with E-state index in [-0.39, 0.29) is 11.6 Å². The zero-order valence-corrected chi connectivity index (χ0v) is 11.3. The lowest BCUT2D eigenvalue weighted by atomic mass is 10.1. The number of hydrogen-bond donors (Lipinski definition) is 2. The topological polar surface area (TPSA) is 70.7 Å². The summed E-state index contributed by atoms with van der Waals surface area (Å²) in [4.78, 5) is 12.0. The molecule has 0 radical (unpaired) electrons. The predicted molar refractivity (Wildman–Crippen MR) is 76.0 cm³/mol. The van der Waals surface area contributed by atoms with Gasteiger partial charge in [-0.15, -0.1) is 0 Å². The van der Waals surface area contributed by atoms with Crippen LogP contribution in [0.5, 0.6) is 0 Å². The molecular weight excluding hydrogens is 308 g/mol. The Morgan fingerprint density at radius 2 is 1.95 bits per heavy atom. The number of aromatic nitrogens is 3. The van der Waals surface area contributed by atoms with Crippen molar-refractivity contribution in [3.05, 3.63) is 52.8 Å².